The number of furan rings is 1. The lowest BCUT2D eigenvalue weighted by molar-refractivity contribution is 0.120. The van der Waals surface area contributed by atoms with Gasteiger partial charge in [0.1, 0.15) is 5.76 Å². The molecule has 112 valence electrons. The van der Waals surface area contributed by atoms with Crippen LogP contribution in [0, 0.1) is 6.92 Å². The van der Waals surface area contributed by atoms with Crippen LogP contribution in [0.25, 0.3) is 0 Å². The molecule has 1 unspecified atom stereocenters. The second kappa shape index (κ2) is 6.18. The fraction of sp³-hybridized carbons (Fsp3) is 0.438. The van der Waals surface area contributed by atoms with Crippen molar-refractivity contribution in [1.82, 2.24) is 4.57 Å². The van der Waals surface area contributed by atoms with E-state index in [0.29, 0.717) is 6.54 Å². The summed E-state index contributed by atoms with van der Waals surface area (Å²) in [5.41, 5.74) is 1.73. The quantitative estimate of drug-likeness (QED) is 0.918. The van der Waals surface area contributed by atoms with Crippen molar-refractivity contribution < 1.29 is 9.15 Å². The van der Waals surface area contributed by atoms with Gasteiger partial charge in [0, 0.05) is 30.6 Å². The Balaban J connectivity index is 1.71. The van der Waals surface area contributed by atoms with Crippen LogP contribution in [-0.4, -0.2) is 23.8 Å². The van der Waals surface area contributed by atoms with Gasteiger partial charge in [0.05, 0.1) is 18.9 Å². The predicted molar refractivity (Wildman–Crippen MR) is 80.7 cm³/mol. The maximum Gasteiger partial charge on any atom is 0.253 e. The minimum atomic E-state index is -0.0266. The van der Waals surface area contributed by atoms with Gasteiger partial charge in [-0.15, -0.1) is 0 Å². The normalized spacial score (nSPS) is 18.0. The number of aryl methyl sites for hydroxylation is 1. The van der Waals surface area contributed by atoms with Gasteiger partial charge < -0.3 is 19.0 Å². The third-order valence-corrected chi connectivity index (χ3v) is 3.79. The first-order chi connectivity index (χ1) is 10.2. The van der Waals surface area contributed by atoms with Crippen molar-refractivity contribution in [2.24, 2.45) is 0 Å². The summed E-state index contributed by atoms with van der Waals surface area (Å²) in [4.78, 5) is 12.2. The van der Waals surface area contributed by atoms with E-state index >= 15 is 0 Å². The average molecular weight is 288 g/mol. The van der Waals surface area contributed by atoms with Crippen LogP contribution in [0.1, 0.15) is 24.3 Å². The predicted octanol–water partition coefficient (Wildman–Crippen LogP) is 2.39. The van der Waals surface area contributed by atoms with Crippen molar-refractivity contribution in [3.8, 4) is 0 Å². The highest BCUT2D eigenvalue weighted by molar-refractivity contribution is 5.43. The maximum atomic E-state index is 12.2. The topological polar surface area (TPSA) is 56.4 Å². The van der Waals surface area contributed by atoms with E-state index in [9.17, 15) is 4.79 Å². The molecule has 1 N–H and O–H groups in total. The zero-order valence-corrected chi connectivity index (χ0v) is 12.2. The fourth-order valence-electron chi connectivity index (χ4n) is 2.63. The largest absolute Gasteiger partial charge is 0.467 e. The number of nitrogens with zero attached hydrogens (tertiary/aromatic N) is 1. The van der Waals surface area contributed by atoms with Gasteiger partial charge in [-0.25, -0.2) is 0 Å². The van der Waals surface area contributed by atoms with Crippen molar-refractivity contribution >= 4 is 5.69 Å². The van der Waals surface area contributed by atoms with Crippen LogP contribution in [0.4, 0.5) is 5.69 Å². The molecular formula is C16H20N2O3. The molecule has 3 rings (SSSR count). The minimum Gasteiger partial charge on any atom is -0.467 e. The second-order valence-corrected chi connectivity index (χ2v) is 5.41. The lowest BCUT2D eigenvalue weighted by atomic mass is 10.2. The monoisotopic (exact) mass is 288 g/mol. The number of rotatable bonds is 5. The van der Waals surface area contributed by atoms with E-state index in [1.165, 1.54) is 0 Å². The Morgan fingerprint density at radius 1 is 1.43 bits per heavy atom. The molecule has 0 saturated carbocycles. The SMILES string of the molecule is Cc1cc(NCC2CCCO2)cc(=O)n1Cc1ccco1. The summed E-state index contributed by atoms with van der Waals surface area (Å²) in [5.74, 6) is 0.778. The number of hydrogen-bond donors (Lipinski definition) is 1. The Bertz CT molecular complexity index is 640. The number of nitrogens with one attached hydrogen (secondary N) is 1. The molecule has 1 fully saturated rings. The lowest BCUT2D eigenvalue weighted by Gasteiger charge is -2.14. The summed E-state index contributed by atoms with van der Waals surface area (Å²) >= 11 is 0. The standard InChI is InChI=1S/C16H20N2O3/c1-12-8-13(17-10-14-4-2-6-20-14)9-16(19)18(12)11-15-5-3-7-21-15/h3,5,7-9,14,17H,2,4,6,10-11H2,1H3. The molecule has 1 atom stereocenters. The fourth-order valence-corrected chi connectivity index (χ4v) is 2.63. The number of hydrogen-bond acceptors (Lipinski definition) is 4. The molecular weight excluding hydrogens is 268 g/mol. The van der Waals surface area contributed by atoms with Crippen LogP contribution in [0.3, 0.4) is 0 Å². The molecule has 5 nitrogen and oxygen atoms in total. The Kier molecular flexibility index (Phi) is 4.10. The molecule has 0 radical (unpaired) electrons. The van der Waals surface area contributed by atoms with E-state index in [2.05, 4.69) is 5.32 Å². The van der Waals surface area contributed by atoms with Crippen molar-refractivity contribution in [3.63, 3.8) is 0 Å². The molecule has 1 aliphatic heterocycles. The lowest BCUT2D eigenvalue weighted by Crippen LogP contribution is -2.24. The van der Waals surface area contributed by atoms with E-state index in [1.54, 1.807) is 16.9 Å². The molecule has 0 bridgehead atoms. The van der Waals surface area contributed by atoms with Gasteiger partial charge in [-0.3, -0.25) is 4.79 Å². The third-order valence-electron chi connectivity index (χ3n) is 3.79. The van der Waals surface area contributed by atoms with Crippen LogP contribution >= 0.6 is 0 Å². The summed E-state index contributed by atoms with van der Waals surface area (Å²) in [6.45, 7) is 3.99. The molecule has 21 heavy (non-hydrogen) atoms. The summed E-state index contributed by atoms with van der Waals surface area (Å²) in [6.07, 6.45) is 4.08. The summed E-state index contributed by atoms with van der Waals surface area (Å²) in [5, 5.41) is 3.29. The molecule has 1 aliphatic rings. The molecule has 1 saturated heterocycles. The molecule has 2 aromatic heterocycles. The average Bonchev–Trinajstić information content (AvgIpc) is 3.14. The van der Waals surface area contributed by atoms with Gasteiger partial charge in [-0.1, -0.05) is 0 Å². The molecule has 3 heterocycles. The number of anilines is 1. The van der Waals surface area contributed by atoms with Gasteiger partial charge in [-0.05, 0) is 38.0 Å². The highest BCUT2D eigenvalue weighted by Gasteiger charge is 2.15. The first kappa shape index (κ1) is 13.9. The Morgan fingerprint density at radius 2 is 2.33 bits per heavy atom. The molecule has 0 amide bonds. The van der Waals surface area contributed by atoms with Gasteiger partial charge in [-0.2, -0.15) is 0 Å². The smallest absolute Gasteiger partial charge is 0.253 e. The first-order valence-corrected chi connectivity index (χ1v) is 7.32. The first-order valence-electron chi connectivity index (χ1n) is 7.32. The van der Waals surface area contributed by atoms with Crippen molar-refractivity contribution in [2.75, 3.05) is 18.5 Å². The van der Waals surface area contributed by atoms with E-state index in [1.807, 2.05) is 25.1 Å². The minimum absolute atomic E-state index is 0.0266. The number of aromatic nitrogens is 1. The van der Waals surface area contributed by atoms with Crippen molar-refractivity contribution in [3.05, 3.63) is 52.3 Å². The number of pyridine rings is 1. The zero-order valence-electron chi connectivity index (χ0n) is 12.2. The maximum absolute atomic E-state index is 12.2. The Morgan fingerprint density at radius 3 is 3.00 bits per heavy atom. The van der Waals surface area contributed by atoms with Crippen LogP contribution in [0.5, 0.6) is 0 Å². The summed E-state index contributed by atoms with van der Waals surface area (Å²) < 4.78 is 12.6. The van der Waals surface area contributed by atoms with E-state index < -0.39 is 0 Å². The van der Waals surface area contributed by atoms with E-state index in [4.69, 9.17) is 9.15 Å². The highest BCUT2D eigenvalue weighted by Crippen LogP contribution is 2.14. The van der Waals surface area contributed by atoms with Crippen LogP contribution in [-0.2, 0) is 11.3 Å². The van der Waals surface area contributed by atoms with Crippen LogP contribution in [0.2, 0.25) is 0 Å². The summed E-state index contributed by atoms with van der Waals surface area (Å²) in [7, 11) is 0. The molecule has 0 aliphatic carbocycles. The van der Waals surface area contributed by atoms with Crippen LogP contribution < -0.4 is 10.9 Å². The summed E-state index contributed by atoms with van der Waals surface area (Å²) in [6, 6.07) is 7.31. The molecule has 0 spiro atoms. The van der Waals surface area contributed by atoms with Gasteiger partial charge in [0.2, 0.25) is 0 Å². The zero-order chi connectivity index (χ0) is 14.7. The molecule has 2 aromatic rings. The van der Waals surface area contributed by atoms with Gasteiger partial charge in [0.15, 0.2) is 0 Å². The van der Waals surface area contributed by atoms with Gasteiger partial charge >= 0.3 is 0 Å². The molecule has 5 heteroatoms. The van der Waals surface area contributed by atoms with Crippen LogP contribution in [0.15, 0.2) is 39.7 Å². The third kappa shape index (κ3) is 3.36. The molecule has 0 aromatic carbocycles. The highest BCUT2D eigenvalue weighted by atomic mass is 16.5. The Hall–Kier alpha value is -2.01. The van der Waals surface area contributed by atoms with E-state index in [0.717, 1.165) is 43.1 Å². The van der Waals surface area contributed by atoms with Crippen molar-refractivity contribution in [2.45, 2.75) is 32.4 Å². The second-order valence-electron chi connectivity index (χ2n) is 5.41. The van der Waals surface area contributed by atoms with E-state index in [-0.39, 0.29) is 11.7 Å². The Labute approximate surface area is 123 Å². The number of ether oxygens (including phenoxy) is 1. The van der Waals surface area contributed by atoms with Crippen molar-refractivity contribution in [1.29, 1.82) is 0 Å². The van der Waals surface area contributed by atoms with Gasteiger partial charge in [0.25, 0.3) is 5.56 Å².